The van der Waals surface area contributed by atoms with Gasteiger partial charge in [0.2, 0.25) is 0 Å². The van der Waals surface area contributed by atoms with Gasteiger partial charge in [0.25, 0.3) is 0 Å². The standard InChI is InChI=1S/C14H18O4.C2H8Si/c1-3-14(4-2,10-8-6-5-7-9-10)11(12(15)16)13(17)18;1-3-2/h5-9,11H,3-4H2,1-2H3,(H,15,16)(H,17,18);3H2,1-2H3. The Morgan fingerprint density at radius 2 is 1.43 bits per heavy atom. The van der Waals surface area contributed by atoms with Gasteiger partial charge in [-0.2, -0.15) is 0 Å². The predicted molar refractivity (Wildman–Crippen MR) is 87.7 cm³/mol. The number of hydrogen-bond acceptors (Lipinski definition) is 2. The van der Waals surface area contributed by atoms with E-state index < -0.39 is 23.3 Å². The second-order valence-corrected chi connectivity index (χ2v) is 6.46. The Morgan fingerprint density at radius 3 is 1.71 bits per heavy atom. The minimum Gasteiger partial charge on any atom is -0.481 e. The lowest BCUT2D eigenvalue weighted by atomic mass is 9.66. The van der Waals surface area contributed by atoms with Crippen LogP contribution in [0, 0.1) is 5.92 Å². The van der Waals surface area contributed by atoms with Crippen LogP contribution >= 0.6 is 0 Å². The molecule has 5 heteroatoms. The summed E-state index contributed by atoms with van der Waals surface area (Å²) in [6.07, 6.45) is 0.938. The van der Waals surface area contributed by atoms with Crippen molar-refractivity contribution in [1.82, 2.24) is 0 Å². The van der Waals surface area contributed by atoms with Crippen LogP contribution in [-0.4, -0.2) is 31.7 Å². The molecule has 0 bridgehead atoms. The van der Waals surface area contributed by atoms with Crippen LogP contribution in [0.1, 0.15) is 32.3 Å². The molecule has 0 aliphatic rings. The van der Waals surface area contributed by atoms with E-state index in [-0.39, 0.29) is 0 Å². The van der Waals surface area contributed by atoms with Crippen molar-refractivity contribution in [2.24, 2.45) is 5.92 Å². The summed E-state index contributed by atoms with van der Waals surface area (Å²) in [4.78, 5) is 22.6. The van der Waals surface area contributed by atoms with Gasteiger partial charge in [0.05, 0.1) is 0 Å². The van der Waals surface area contributed by atoms with Crippen molar-refractivity contribution in [2.45, 2.75) is 45.2 Å². The molecule has 21 heavy (non-hydrogen) atoms. The van der Waals surface area contributed by atoms with Crippen LogP contribution in [0.25, 0.3) is 0 Å². The first-order valence-electron chi connectivity index (χ1n) is 7.42. The molecular formula is C16H26O4Si. The number of rotatable bonds is 6. The summed E-state index contributed by atoms with van der Waals surface area (Å²) < 4.78 is 0. The van der Waals surface area contributed by atoms with Crippen molar-refractivity contribution in [3.63, 3.8) is 0 Å². The van der Waals surface area contributed by atoms with E-state index in [0.29, 0.717) is 22.4 Å². The van der Waals surface area contributed by atoms with Gasteiger partial charge in [0, 0.05) is 14.9 Å². The third-order valence-electron chi connectivity index (χ3n) is 3.66. The Hall–Kier alpha value is -1.62. The molecule has 0 atom stereocenters. The molecule has 1 aromatic rings. The topological polar surface area (TPSA) is 74.6 Å². The smallest absolute Gasteiger partial charge is 0.318 e. The quantitative estimate of drug-likeness (QED) is 0.626. The van der Waals surface area contributed by atoms with Gasteiger partial charge in [0.1, 0.15) is 0 Å². The van der Waals surface area contributed by atoms with Gasteiger partial charge in [-0.1, -0.05) is 57.3 Å². The molecule has 0 saturated heterocycles. The largest absolute Gasteiger partial charge is 0.481 e. The molecular weight excluding hydrogens is 284 g/mol. The summed E-state index contributed by atoms with van der Waals surface area (Å²) in [7, 11) is 0.417. The minimum atomic E-state index is -1.42. The summed E-state index contributed by atoms with van der Waals surface area (Å²) in [5, 5.41) is 18.4. The number of aliphatic carboxylic acids is 2. The van der Waals surface area contributed by atoms with Crippen LogP contribution in [0.15, 0.2) is 30.3 Å². The lowest BCUT2D eigenvalue weighted by Crippen LogP contribution is -2.44. The Kier molecular flexibility index (Phi) is 8.62. The number of carbonyl (C=O) groups is 2. The maximum atomic E-state index is 11.3. The molecule has 2 N–H and O–H groups in total. The van der Waals surface area contributed by atoms with Gasteiger partial charge in [-0.15, -0.1) is 0 Å². The molecule has 1 rings (SSSR count). The summed E-state index contributed by atoms with van der Waals surface area (Å²) in [6.45, 7) is 8.19. The van der Waals surface area contributed by atoms with Gasteiger partial charge in [-0.25, -0.2) is 0 Å². The van der Waals surface area contributed by atoms with E-state index in [2.05, 4.69) is 13.1 Å². The van der Waals surface area contributed by atoms with Gasteiger partial charge >= 0.3 is 11.9 Å². The van der Waals surface area contributed by atoms with Crippen molar-refractivity contribution in [3.05, 3.63) is 35.9 Å². The minimum absolute atomic E-state index is 0.417. The van der Waals surface area contributed by atoms with Crippen LogP contribution in [0.2, 0.25) is 13.1 Å². The van der Waals surface area contributed by atoms with E-state index >= 15 is 0 Å². The summed E-state index contributed by atoms with van der Waals surface area (Å²) in [6, 6.07) is 9.03. The third-order valence-corrected chi connectivity index (χ3v) is 3.66. The number of benzene rings is 1. The predicted octanol–water partition coefficient (Wildman–Crippen LogP) is 2.78. The first-order chi connectivity index (χ1) is 9.91. The molecule has 0 amide bonds. The van der Waals surface area contributed by atoms with Crippen LogP contribution in [-0.2, 0) is 15.0 Å². The van der Waals surface area contributed by atoms with Crippen LogP contribution in [0.3, 0.4) is 0 Å². The molecule has 0 aromatic heterocycles. The van der Waals surface area contributed by atoms with E-state index in [1.54, 1.807) is 24.3 Å². The van der Waals surface area contributed by atoms with Crippen molar-refractivity contribution < 1.29 is 19.8 Å². The van der Waals surface area contributed by atoms with Crippen molar-refractivity contribution in [3.8, 4) is 0 Å². The van der Waals surface area contributed by atoms with Gasteiger partial charge in [-0.3, -0.25) is 9.59 Å². The highest BCUT2D eigenvalue weighted by Crippen LogP contribution is 2.39. The zero-order valence-electron chi connectivity index (χ0n) is 13.3. The van der Waals surface area contributed by atoms with Crippen molar-refractivity contribution in [2.75, 3.05) is 0 Å². The lowest BCUT2D eigenvalue weighted by Gasteiger charge is -2.35. The number of carboxylic acids is 2. The van der Waals surface area contributed by atoms with Crippen molar-refractivity contribution in [1.29, 1.82) is 0 Å². The lowest BCUT2D eigenvalue weighted by molar-refractivity contribution is -0.158. The Morgan fingerprint density at radius 1 is 1.05 bits per heavy atom. The number of carboxylic acid groups (broad SMARTS) is 2. The molecule has 0 fully saturated rings. The highest BCUT2D eigenvalue weighted by molar-refractivity contribution is 6.31. The Bertz CT molecular complexity index is 427. The molecule has 0 aliphatic carbocycles. The SMILES string of the molecule is CCC(CC)(c1ccccc1)C(C(=O)O)C(=O)O.C[SiH2]C. The molecule has 0 radical (unpaired) electrons. The van der Waals surface area contributed by atoms with Crippen molar-refractivity contribution >= 4 is 21.5 Å². The maximum absolute atomic E-state index is 11.3. The summed E-state index contributed by atoms with van der Waals surface area (Å²) in [5.74, 6) is -3.99. The van der Waals surface area contributed by atoms with E-state index in [0.717, 1.165) is 5.56 Å². The maximum Gasteiger partial charge on any atom is 0.318 e. The van der Waals surface area contributed by atoms with E-state index in [9.17, 15) is 19.8 Å². The van der Waals surface area contributed by atoms with Gasteiger partial charge in [-0.05, 0) is 18.4 Å². The highest BCUT2D eigenvalue weighted by atomic mass is 28.2. The fourth-order valence-electron chi connectivity index (χ4n) is 2.58. The monoisotopic (exact) mass is 310 g/mol. The molecule has 0 saturated carbocycles. The Balaban J connectivity index is 0.00000122. The van der Waals surface area contributed by atoms with Crippen LogP contribution in [0.4, 0.5) is 0 Å². The Labute approximate surface area is 129 Å². The van der Waals surface area contributed by atoms with Crippen LogP contribution in [0.5, 0.6) is 0 Å². The molecule has 0 heterocycles. The zero-order valence-corrected chi connectivity index (χ0v) is 14.7. The number of hydrogen-bond donors (Lipinski definition) is 2. The molecule has 4 nitrogen and oxygen atoms in total. The molecule has 1 aromatic carbocycles. The second-order valence-electron chi connectivity index (χ2n) is 5.05. The second kappa shape index (κ2) is 9.34. The highest BCUT2D eigenvalue weighted by Gasteiger charge is 2.46. The summed E-state index contributed by atoms with van der Waals surface area (Å²) in [5.41, 5.74) is -0.0938. The normalized spacial score (nSPS) is 10.7. The van der Waals surface area contributed by atoms with Crippen LogP contribution < -0.4 is 0 Å². The first-order valence-corrected chi connectivity index (χ1v) is 10.2. The molecule has 0 aliphatic heterocycles. The molecule has 118 valence electrons. The fraction of sp³-hybridized carbons (Fsp3) is 0.500. The average molecular weight is 310 g/mol. The third kappa shape index (κ3) is 4.70. The first kappa shape index (κ1) is 19.4. The van der Waals surface area contributed by atoms with Gasteiger partial charge in [0.15, 0.2) is 5.92 Å². The zero-order chi connectivity index (χ0) is 16.5. The summed E-state index contributed by atoms with van der Waals surface area (Å²) >= 11 is 0. The van der Waals surface area contributed by atoms with E-state index in [1.165, 1.54) is 0 Å². The van der Waals surface area contributed by atoms with Gasteiger partial charge < -0.3 is 10.2 Å². The average Bonchev–Trinajstić information content (AvgIpc) is 2.45. The molecule has 0 spiro atoms. The van der Waals surface area contributed by atoms with E-state index in [4.69, 9.17) is 0 Å². The van der Waals surface area contributed by atoms with E-state index in [1.807, 2.05) is 19.9 Å². The fourth-order valence-corrected chi connectivity index (χ4v) is 2.58. The molecule has 0 unspecified atom stereocenters.